The number of hydrogen-bond donors (Lipinski definition) is 1. The Labute approximate surface area is 169 Å². The second-order valence-electron chi connectivity index (χ2n) is 7.67. The smallest absolute Gasteiger partial charge is 0.289 e. The van der Waals surface area contributed by atoms with Gasteiger partial charge in [0.1, 0.15) is 5.58 Å². The maximum atomic E-state index is 13.0. The molecular formula is C23H24N2O4. The Morgan fingerprint density at radius 3 is 2.52 bits per heavy atom. The molecule has 2 atom stereocenters. The molecule has 1 N–H and O–H groups in total. The van der Waals surface area contributed by atoms with Crippen LogP contribution in [0.1, 0.15) is 22.5 Å². The van der Waals surface area contributed by atoms with Crippen molar-refractivity contribution in [2.75, 3.05) is 27.2 Å². The van der Waals surface area contributed by atoms with Crippen molar-refractivity contribution in [1.29, 1.82) is 0 Å². The number of likely N-dealkylation sites (tertiary alicyclic amines) is 1. The molecule has 0 aliphatic carbocycles. The first kappa shape index (κ1) is 19.4. The number of fused-ring (bicyclic) bond motifs is 1. The van der Waals surface area contributed by atoms with Gasteiger partial charge in [-0.1, -0.05) is 42.5 Å². The molecule has 3 aromatic rings. The van der Waals surface area contributed by atoms with Crippen LogP contribution in [0.5, 0.6) is 0 Å². The molecule has 1 aliphatic rings. The third-order valence-corrected chi connectivity index (χ3v) is 5.91. The fraction of sp³-hybridized carbons (Fsp3) is 0.304. The van der Waals surface area contributed by atoms with E-state index < -0.39 is 11.6 Å². The van der Waals surface area contributed by atoms with E-state index in [2.05, 4.69) is 0 Å². The first-order valence-electron chi connectivity index (χ1n) is 9.66. The summed E-state index contributed by atoms with van der Waals surface area (Å²) in [4.78, 5) is 28.9. The minimum atomic E-state index is -0.787. The molecule has 29 heavy (non-hydrogen) atoms. The molecule has 0 saturated carbocycles. The predicted octanol–water partition coefficient (Wildman–Crippen LogP) is 2.46. The van der Waals surface area contributed by atoms with Crippen LogP contribution >= 0.6 is 0 Å². The number of amides is 1. The number of β-amino-alcohol motifs (C(OH)–C–C–N with tert-alkyl or cyclic N) is 1. The number of likely N-dealkylation sites (N-methyl/N-ethyl adjacent to an activating group) is 1. The van der Waals surface area contributed by atoms with E-state index in [4.69, 9.17) is 4.42 Å². The minimum absolute atomic E-state index is 0.00189. The van der Waals surface area contributed by atoms with E-state index >= 15 is 0 Å². The van der Waals surface area contributed by atoms with Crippen LogP contribution in [-0.2, 0) is 5.54 Å². The molecule has 1 fully saturated rings. The average Bonchev–Trinajstić information content (AvgIpc) is 2.73. The van der Waals surface area contributed by atoms with Gasteiger partial charge in [0.25, 0.3) is 5.91 Å². The van der Waals surface area contributed by atoms with Gasteiger partial charge in [0.2, 0.25) is 0 Å². The molecule has 1 aromatic heterocycles. The van der Waals surface area contributed by atoms with Crippen LogP contribution in [0.15, 0.2) is 69.9 Å². The van der Waals surface area contributed by atoms with Crippen LogP contribution in [0.3, 0.4) is 0 Å². The summed E-state index contributed by atoms with van der Waals surface area (Å²) in [5, 5.41) is 11.6. The van der Waals surface area contributed by atoms with Gasteiger partial charge in [-0.2, -0.15) is 0 Å². The number of nitrogens with zero attached hydrogens (tertiary/aromatic N) is 2. The van der Waals surface area contributed by atoms with Gasteiger partial charge < -0.3 is 14.4 Å². The summed E-state index contributed by atoms with van der Waals surface area (Å²) in [7, 11) is 3.88. The maximum absolute atomic E-state index is 13.0. The van der Waals surface area contributed by atoms with E-state index in [0.717, 1.165) is 5.56 Å². The Hall–Kier alpha value is -2.96. The Morgan fingerprint density at radius 1 is 1.14 bits per heavy atom. The van der Waals surface area contributed by atoms with Crippen LogP contribution in [-0.4, -0.2) is 54.1 Å². The Morgan fingerprint density at radius 2 is 1.83 bits per heavy atom. The lowest BCUT2D eigenvalue weighted by molar-refractivity contribution is -0.0616. The zero-order chi connectivity index (χ0) is 20.6. The molecule has 0 radical (unpaired) electrons. The molecule has 0 spiro atoms. The summed E-state index contributed by atoms with van der Waals surface area (Å²) in [6.07, 6.45) is -0.223. The van der Waals surface area contributed by atoms with Crippen molar-refractivity contribution >= 4 is 16.9 Å². The minimum Gasteiger partial charge on any atom is -0.451 e. The Balaban J connectivity index is 1.63. The highest BCUT2D eigenvalue weighted by Gasteiger charge is 2.46. The largest absolute Gasteiger partial charge is 0.451 e. The lowest BCUT2D eigenvalue weighted by atomic mass is 9.77. The van der Waals surface area contributed by atoms with Crippen LogP contribution < -0.4 is 5.43 Å². The lowest BCUT2D eigenvalue weighted by Crippen LogP contribution is -2.60. The van der Waals surface area contributed by atoms with Crippen LogP contribution in [0.25, 0.3) is 11.0 Å². The van der Waals surface area contributed by atoms with E-state index in [1.807, 2.05) is 49.3 Å². The van der Waals surface area contributed by atoms with Gasteiger partial charge >= 0.3 is 0 Å². The number of piperidine rings is 1. The normalized spacial score (nSPS) is 22.2. The van der Waals surface area contributed by atoms with Crippen molar-refractivity contribution in [3.63, 3.8) is 0 Å². The molecule has 1 aliphatic heterocycles. The third kappa shape index (κ3) is 3.24. The van der Waals surface area contributed by atoms with Crippen molar-refractivity contribution < 1.29 is 14.3 Å². The zero-order valence-electron chi connectivity index (χ0n) is 16.5. The van der Waals surface area contributed by atoms with Crippen LogP contribution in [0.2, 0.25) is 0 Å². The standard InChI is InChI=1S/C23H24N2O4/c1-24(2)23(16-8-4-3-5-9-16)12-13-25(15-21(23)27)22(28)20-14-18(26)17-10-6-7-11-19(17)29-20/h3-11,14,21,27H,12-13,15H2,1-2H3/t21-,23+/m1/s1. The average molecular weight is 392 g/mol. The van der Waals surface area contributed by atoms with Gasteiger partial charge in [-0.05, 0) is 38.2 Å². The van der Waals surface area contributed by atoms with Gasteiger partial charge in [0.15, 0.2) is 11.2 Å². The third-order valence-electron chi connectivity index (χ3n) is 5.91. The van der Waals surface area contributed by atoms with Gasteiger partial charge in [-0.15, -0.1) is 0 Å². The molecule has 0 unspecified atom stereocenters. The summed E-state index contributed by atoms with van der Waals surface area (Å²) in [6, 6.07) is 18.0. The second-order valence-corrected chi connectivity index (χ2v) is 7.67. The molecule has 2 aromatic carbocycles. The molecule has 1 saturated heterocycles. The van der Waals surface area contributed by atoms with E-state index in [-0.39, 0.29) is 23.6 Å². The van der Waals surface area contributed by atoms with Gasteiger partial charge in [0, 0.05) is 19.2 Å². The molecule has 6 nitrogen and oxygen atoms in total. The quantitative estimate of drug-likeness (QED) is 0.741. The summed E-state index contributed by atoms with van der Waals surface area (Å²) < 4.78 is 5.69. The molecule has 0 bridgehead atoms. The first-order chi connectivity index (χ1) is 13.9. The number of aliphatic hydroxyl groups excluding tert-OH is 1. The van der Waals surface area contributed by atoms with Crippen molar-refractivity contribution in [2.24, 2.45) is 0 Å². The molecule has 4 rings (SSSR count). The van der Waals surface area contributed by atoms with Crippen LogP contribution in [0, 0.1) is 0 Å². The number of carbonyl (C=O) groups is 1. The number of benzene rings is 2. The molecule has 2 heterocycles. The zero-order valence-corrected chi connectivity index (χ0v) is 16.5. The van der Waals surface area contributed by atoms with Gasteiger partial charge in [-0.3, -0.25) is 14.5 Å². The number of hydrogen-bond acceptors (Lipinski definition) is 5. The van der Waals surface area contributed by atoms with Crippen molar-refractivity contribution in [2.45, 2.75) is 18.1 Å². The maximum Gasteiger partial charge on any atom is 0.289 e. The summed E-state index contributed by atoms with van der Waals surface area (Å²) in [5.74, 6) is -0.384. The van der Waals surface area contributed by atoms with Crippen LogP contribution in [0.4, 0.5) is 0 Å². The summed E-state index contributed by atoms with van der Waals surface area (Å²) in [6.45, 7) is 0.599. The number of carbonyl (C=O) groups excluding carboxylic acids is 1. The van der Waals surface area contributed by atoms with Crippen molar-refractivity contribution in [3.05, 3.63) is 82.2 Å². The molecular weight excluding hydrogens is 368 g/mol. The second kappa shape index (κ2) is 7.46. The Bertz CT molecular complexity index is 1090. The summed E-state index contributed by atoms with van der Waals surface area (Å²) in [5.41, 5.74) is 0.566. The van der Waals surface area contributed by atoms with Gasteiger partial charge in [-0.25, -0.2) is 0 Å². The van der Waals surface area contributed by atoms with Crippen molar-refractivity contribution in [3.8, 4) is 0 Å². The summed E-state index contributed by atoms with van der Waals surface area (Å²) >= 11 is 0. The number of rotatable bonds is 3. The lowest BCUT2D eigenvalue weighted by Gasteiger charge is -2.49. The molecule has 6 heteroatoms. The first-order valence-corrected chi connectivity index (χ1v) is 9.66. The van der Waals surface area contributed by atoms with E-state index in [1.54, 1.807) is 29.2 Å². The predicted molar refractivity (Wildman–Crippen MR) is 111 cm³/mol. The Kier molecular flexibility index (Phi) is 4.98. The van der Waals surface area contributed by atoms with Crippen molar-refractivity contribution in [1.82, 2.24) is 9.80 Å². The molecule has 1 amide bonds. The van der Waals surface area contributed by atoms with E-state index in [1.165, 1.54) is 6.07 Å². The topological polar surface area (TPSA) is 74.0 Å². The highest BCUT2D eigenvalue weighted by Crippen LogP contribution is 2.38. The highest BCUT2D eigenvalue weighted by molar-refractivity contribution is 5.93. The van der Waals surface area contributed by atoms with Gasteiger partial charge in [0.05, 0.1) is 17.0 Å². The highest BCUT2D eigenvalue weighted by atomic mass is 16.3. The monoisotopic (exact) mass is 392 g/mol. The fourth-order valence-corrected chi connectivity index (χ4v) is 4.32. The number of aliphatic hydroxyl groups is 1. The molecule has 150 valence electrons. The number of para-hydroxylation sites is 1. The van der Waals surface area contributed by atoms with E-state index in [0.29, 0.717) is 23.9 Å². The fourth-order valence-electron chi connectivity index (χ4n) is 4.32. The SMILES string of the molecule is CN(C)[C@]1(c2ccccc2)CCN(C(=O)c2cc(=O)c3ccccc3o2)C[C@H]1O. The van der Waals surface area contributed by atoms with E-state index in [9.17, 15) is 14.7 Å².